The van der Waals surface area contributed by atoms with Crippen molar-refractivity contribution in [3.8, 4) is 0 Å². The highest BCUT2D eigenvalue weighted by molar-refractivity contribution is 5.69. The van der Waals surface area contributed by atoms with Crippen molar-refractivity contribution in [3.05, 3.63) is 35.9 Å². The van der Waals surface area contributed by atoms with Gasteiger partial charge in [0, 0.05) is 6.42 Å². The van der Waals surface area contributed by atoms with Gasteiger partial charge in [-0.25, -0.2) is 0 Å². The van der Waals surface area contributed by atoms with Crippen molar-refractivity contribution in [1.82, 2.24) is 0 Å². The second-order valence-corrected chi connectivity index (χ2v) is 7.93. The van der Waals surface area contributed by atoms with Crippen LogP contribution in [0.15, 0.2) is 30.3 Å². The Morgan fingerprint density at radius 2 is 1.86 bits per heavy atom. The SMILES string of the molecule is CCOC(=O)C[C@H](O)C[C@H](O)C[C@H]1C[C@H](CCc2ccccc2)OC(C)(C)O1. The highest BCUT2D eigenvalue weighted by atomic mass is 16.7. The predicted octanol–water partition coefficient (Wildman–Crippen LogP) is 2.98. The van der Waals surface area contributed by atoms with Crippen molar-refractivity contribution in [1.29, 1.82) is 0 Å². The first kappa shape index (κ1) is 22.8. The second-order valence-electron chi connectivity index (χ2n) is 7.93. The molecule has 0 aliphatic carbocycles. The first-order valence-electron chi connectivity index (χ1n) is 10.2. The number of esters is 1. The van der Waals surface area contributed by atoms with Crippen LogP contribution in [-0.4, -0.2) is 53.0 Å². The first-order chi connectivity index (χ1) is 13.3. The number of hydrogen-bond donors (Lipinski definition) is 2. The minimum absolute atomic E-state index is 0.0469. The van der Waals surface area contributed by atoms with E-state index < -0.39 is 24.0 Å². The minimum atomic E-state index is -0.921. The maximum absolute atomic E-state index is 11.4. The van der Waals surface area contributed by atoms with Crippen molar-refractivity contribution >= 4 is 5.97 Å². The topological polar surface area (TPSA) is 85.2 Å². The molecule has 4 atom stereocenters. The number of aliphatic hydroxyl groups excluding tert-OH is 2. The van der Waals surface area contributed by atoms with Crippen LogP contribution in [0.2, 0.25) is 0 Å². The molecular weight excluding hydrogens is 360 g/mol. The summed E-state index contributed by atoms with van der Waals surface area (Å²) in [7, 11) is 0. The van der Waals surface area contributed by atoms with E-state index in [9.17, 15) is 15.0 Å². The maximum Gasteiger partial charge on any atom is 0.308 e. The van der Waals surface area contributed by atoms with Gasteiger partial charge >= 0.3 is 5.97 Å². The number of aliphatic hydroxyl groups is 2. The molecule has 1 aromatic rings. The van der Waals surface area contributed by atoms with Crippen LogP contribution in [-0.2, 0) is 25.4 Å². The summed E-state index contributed by atoms with van der Waals surface area (Å²) in [6.07, 6.45) is 1.13. The van der Waals surface area contributed by atoms with Gasteiger partial charge in [-0.2, -0.15) is 0 Å². The van der Waals surface area contributed by atoms with Gasteiger partial charge in [0.25, 0.3) is 0 Å². The Labute approximate surface area is 167 Å². The summed E-state index contributed by atoms with van der Waals surface area (Å²) in [6, 6.07) is 10.3. The molecule has 28 heavy (non-hydrogen) atoms. The van der Waals surface area contributed by atoms with Crippen molar-refractivity contribution in [2.75, 3.05) is 6.61 Å². The van der Waals surface area contributed by atoms with Gasteiger partial charge in [-0.1, -0.05) is 30.3 Å². The Morgan fingerprint density at radius 1 is 1.18 bits per heavy atom. The Balaban J connectivity index is 1.81. The second kappa shape index (κ2) is 10.9. The molecule has 6 nitrogen and oxygen atoms in total. The zero-order chi connectivity index (χ0) is 20.6. The van der Waals surface area contributed by atoms with Crippen molar-refractivity contribution in [2.24, 2.45) is 0 Å². The molecule has 1 aromatic carbocycles. The van der Waals surface area contributed by atoms with Crippen LogP contribution in [0.4, 0.5) is 0 Å². The van der Waals surface area contributed by atoms with E-state index in [2.05, 4.69) is 12.1 Å². The summed E-state index contributed by atoms with van der Waals surface area (Å²) < 4.78 is 16.9. The summed E-state index contributed by atoms with van der Waals surface area (Å²) >= 11 is 0. The fourth-order valence-electron chi connectivity index (χ4n) is 3.72. The largest absolute Gasteiger partial charge is 0.466 e. The Bertz CT molecular complexity index is 588. The molecule has 2 rings (SSSR count). The monoisotopic (exact) mass is 394 g/mol. The first-order valence-corrected chi connectivity index (χ1v) is 10.2. The van der Waals surface area contributed by atoms with E-state index in [1.807, 2.05) is 32.0 Å². The summed E-state index contributed by atoms with van der Waals surface area (Å²) in [4.78, 5) is 11.4. The molecule has 1 aliphatic rings. The van der Waals surface area contributed by atoms with Crippen molar-refractivity contribution in [3.63, 3.8) is 0 Å². The fraction of sp³-hybridized carbons (Fsp3) is 0.682. The van der Waals surface area contributed by atoms with Gasteiger partial charge in [0.15, 0.2) is 5.79 Å². The summed E-state index contributed by atoms with van der Waals surface area (Å²) in [5, 5.41) is 20.3. The molecule has 1 aliphatic heterocycles. The van der Waals surface area contributed by atoms with Crippen LogP contribution >= 0.6 is 0 Å². The van der Waals surface area contributed by atoms with Crippen molar-refractivity contribution < 1.29 is 29.2 Å². The van der Waals surface area contributed by atoms with Gasteiger partial charge in [-0.3, -0.25) is 4.79 Å². The van der Waals surface area contributed by atoms with Crippen LogP contribution in [0.1, 0.15) is 58.4 Å². The lowest BCUT2D eigenvalue weighted by Gasteiger charge is -2.41. The predicted molar refractivity (Wildman–Crippen MR) is 106 cm³/mol. The highest BCUT2D eigenvalue weighted by Gasteiger charge is 2.36. The molecule has 1 heterocycles. The molecule has 0 unspecified atom stereocenters. The molecule has 0 radical (unpaired) electrons. The smallest absolute Gasteiger partial charge is 0.308 e. The lowest BCUT2D eigenvalue weighted by atomic mass is 9.96. The molecule has 1 saturated heterocycles. The van der Waals surface area contributed by atoms with Crippen LogP contribution in [0, 0.1) is 0 Å². The number of carbonyl (C=O) groups excluding carboxylic acids is 1. The zero-order valence-corrected chi connectivity index (χ0v) is 17.2. The molecule has 2 N–H and O–H groups in total. The van der Waals surface area contributed by atoms with E-state index in [0.717, 1.165) is 12.8 Å². The van der Waals surface area contributed by atoms with Gasteiger partial charge in [-0.05, 0) is 52.0 Å². The molecular formula is C22H34O6. The molecule has 0 aromatic heterocycles. The van der Waals surface area contributed by atoms with Crippen LogP contribution in [0.5, 0.6) is 0 Å². The van der Waals surface area contributed by atoms with Gasteiger partial charge in [0.2, 0.25) is 0 Å². The standard InChI is InChI=1S/C22H34O6/c1-4-26-21(25)14-18(24)12-17(23)13-20-15-19(27-22(2,3)28-20)11-10-16-8-6-5-7-9-16/h5-9,17-20,23-24H,4,10-15H2,1-3H3/t17-,18+,19-,20-/m0/s1. The molecule has 6 heteroatoms. The lowest BCUT2D eigenvalue weighted by Crippen LogP contribution is -2.46. The van der Waals surface area contributed by atoms with E-state index >= 15 is 0 Å². The van der Waals surface area contributed by atoms with Gasteiger partial charge in [0.05, 0.1) is 37.4 Å². The number of rotatable bonds is 10. The van der Waals surface area contributed by atoms with Gasteiger partial charge < -0.3 is 24.4 Å². The van der Waals surface area contributed by atoms with Crippen LogP contribution in [0.3, 0.4) is 0 Å². The Hall–Kier alpha value is -1.47. The average Bonchev–Trinajstić information content (AvgIpc) is 2.59. The summed E-state index contributed by atoms with van der Waals surface area (Å²) in [6.45, 7) is 5.77. The third-order valence-corrected chi connectivity index (χ3v) is 4.81. The van der Waals surface area contributed by atoms with E-state index in [1.54, 1.807) is 6.92 Å². The van der Waals surface area contributed by atoms with E-state index in [1.165, 1.54) is 5.56 Å². The molecule has 0 bridgehead atoms. The summed E-state index contributed by atoms with van der Waals surface area (Å²) in [5.41, 5.74) is 1.27. The summed E-state index contributed by atoms with van der Waals surface area (Å²) in [5.74, 6) is -1.17. The fourth-order valence-corrected chi connectivity index (χ4v) is 3.72. The Kier molecular flexibility index (Phi) is 8.89. The number of benzene rings is 1. The molecule has 0 spiro atoms. The Morgan fingerprint density at radius 3 is 2.54 bits per heavy atom. The van der Waals surface area contributed by atoms with E-state index in [-0.39, 0.29) is 31.7 Å². The quantitative estimate of drug-likeness (QED) is 0.594. The minimum Gasteiger partial charge on any atom is -0.466 e. The molecule has 0 amide bonds. The number of carbonyl (C=O) groups is 1. The molecule has 1 fully saturated rings. The normalized spacial score (nSPS) is 23.8. The van der Waals surface area contributed by atoms with Crippen LogP contribution < -0.4 is 0 Å². The number of ether oxygens (including phenoxy) is 3. The van der Waals surface area contributed by atoms with E-state index in [4.69, 9.17) is 14.2 Å². The maximum atomic E-state index is 11.4. The van der Waals surface area contributed by atoms with Gasteiger partial charge in [-0.15, -0.1) is 0 Å². The van der Waals surface area contributed by atoms with E-state index in [0.29, 0.717) is 12.8 Å². The number of aryl methyl sites for hydroxylation is 1. The number of hydrogen-bond acceptors (Lipinski definition) is 6. The van der Waals surface area contributed by atoms with Gasteiger partial charge in [0.1, 0.15) is 0 Å². The molecule has 0 saturated carbocycles. The lowest BCUT2D eigenvalue weighted by molar-refractivity contribution is -0.303. The zero-order valence-electron chi connectivity index (χ0n) is 17.2. The average molecular weight is 395 g/mol. The highest BCUT2D eigenvalue weighted by Crippen LogP contribution is 2.31. The molecule has 158 valence electrons. The third kappa shape index (κ3) is 8.27. The van der Waals surface area contributed by atoms with Crippen LogP contribution in [0.25, 0.3) is 0 Å². The van der Waals surface area contributed by atoms with Crippen molar-refractivity contribution in [2.45, 2.75) is 89.5 Å². The third-order valence-electron chi connectivity index (χ3n) is 4.81.